The first-order valence-electron chi connectivity index (χ1n) is 11.8. The van der Waals surface area contributed by atoms with Gasteiger partial charge in [-0.1, -0.05) is 49.6 Å². The lowest BCUT2D eigenvalue weighted by Gasteiger charge is -2.35. The van der Waals surface area contributed by atoms with Crippen LogP contribution in [0.2, 0.25) is 0 Å². The van der Waals surface area contributed by atoms with Crippen LogP contribution < -0.4 is 10.6 Å². The van der Waals surface area contributed by atoms with Gasteiger partial charge in [-0.05, 0) is 38.2 Å². The second-order valence-electron chi connectivity index (χ2n) is 8.67. The number of likely N-dealkylation sites (tertiary alicyclic amines) is 1. The first-order valence-corrected chi connectivity index (χ1v) is 11.8. The number of carbonyl (C=O) groups is 2. The number of nitrogens with zero attached hydrogens (tertiary/aromatic N) is 2. The summed E-state index contributed by atoms with van der Waals surface area (Å²) >= 11 is 0. The first kappa shape index (κ1) is 22.6. The monoisotopic (exact) mass is 414 g/mol. The van der Waals surface area contributed by atoms with Gasteiger partial charge in [0.1, 0.15) is 0 Å². The molecule has 2 N–H and O–H groups in total. The van der Waals surface area contributed by atoms with Crippen LogP contribution in [0.4, 0.5) is 4.79 Å². The molecule has 30 heavy (non-hydrogen) atoms. The summed E-state index contributed by atoms with van der Waals surface area (Å²) in [6, 6.07) is 11.1. The van der Waals surface area contributed by atoms with Crippen molar-refractivity contribution in [3.05, 3.63) is 35.9 Å². The van der Waals surface area contributed by atoms with E-state index in [0.717, 1.165) is 45.3 Å². The standard InChI is InChI=1S/C24H38N4O2/c1-2-25-24(30)28(22-11-7-4-8-12-22)18-15-23(29)26-21-13-16-27(17-14-21)19-20-9-5-3-6-10-20/h3,5-6,9-10,21-22H,2,4,7-8,11-19H2,1H3,(H,25,30)(H,26,29). The Kier molecular flexibility index (Phi) is 9.00. The van der Waals surface area contributed by atoms with Crippen LogP contribution in [-0.2, 0) is 11.3 Å². The summed E-state index contributed by atoms with van der Waals surface area (Å²) in [4.78, 5) is 29.4. The van der Waals surface area contributed by atoms with Crippen molar-refractivity contribution in [3.8, 4) is 0 Å². The predicted molar refractivity (Wildman–Crippen MR) is 120 cm³/mol. The molecule has 1 aliphatic carbocycles. The van der Waals surface area contributed by atoms with Crippen LogP contribution >= 0.6 is 0 Å². The molecule has 0 spiro atoms. The number of amides is 3. The Balaban J connectivity index is 1.40. The van der Waals surface area contributed by atoms with Gasteiger partial charge in [-0.2, -0.15) is 0 Å². The SMILES string of the molecule is CCNC(=O)N(CCC(=O)NC1CCN(Cc2ccccc2)CC1)C1CCCCC1. The number of urea groups is 1. The highest BCUT2D eigenvalue weighted by molar-refractivity contribution is 5.78. The lowest BCUT2D eigenvalue weighted by molar-refractivity contribution is -0.122. The summed E-state index contributed by atoms with van der Waals surface area (Å²) in [7, 11) is 0. The highest BCUT2D eigenvalue weighted by Gasteiger charge is 2.26. The van der Waals surface area contributed by atoms with Gasteiger partial charge in [-0.25, -0.2) is 4.79 Å². The lowest BCUT2D eigenvalue weighted by Crippen LogP contribution is -2.49. The third-order valence-corrected chi connectivity index (χ3v) is 6.39. The fourth-order valence-electron chi connectivity index (χ4n) is 4.69. The number of rotatable bonds is 8. The minimum atomic E-state index is -0.0218. The molecule has 2 fully saturated rings. The van der Waals surface area contributed by atoms with Crippen molar-refractivity contribution >= 4 is 11.9 Å². The molecule has 2 aliphatic rings. The van der Waals surface area contributed by atoms with Crippen molar-refractivity contribution in [1.29, 1.82) is 0 Å². The molecule has 3 amide bonds. The molecule has 6 nitrogen and oxygen atoms in total. The number of piperidine rings is 1. The quantitative estimate of drug-likeness (QED) is 0.684. The minimum Gasteiger partial charge on any atom is -0.353 e. The van der Waals surface area contributed by atoms with Crippen molar-refractivity contribution in [2.75, 3.05) is 26.2 Å². The van der Waals surface area contributed by atoms with Crippen LogP contribution in [-0.4, -0.2) is 60.0 Å². The molecule has 0 aromatic heterocycles. The molecule has 1 aromatic rings. The number of hydrogen-bond donors (Lipinski definition) is 2. The van der Waals surface area contributed by atoms with E-state index in [1.54, 1.807) is 0 Å². The van der Waals surface area contributed by atoms with E-state index in [-0.39, 0.29) is 24.0 Å². The molecule has 6 heteroatoms. The number of carbonyl (C=O) groups excluding carboxylic acids is 2. The minimum absolute atomic E-state index is 0.0218. The smallest absolute Gasteiger partial charge is 0.317 e. The summed E-state index contributed by atoms with van der Waals surface area (Å²) < 4.78 is 0. The van der Waals surface area contributed by atoms with E-state index >= 15 is 0 Å². The van der Waals surface area contributed by atoms with Gasteiger partial charge in [0.05, 0.1) is 0 Å². The maximum atomic E-state index is 12.6. The Labute approximate surface area is 181 Å². The lowest BCUT2D eigenvalue weighted by atomic mass is 9.94. The van der Waals surface area contributed by atoms with Gasteiger partial charge in [-0.3, -0.25) is 9.69 Å². The number of nitrogens with one attached hydrogen (secondary N) is 2. The molecule has 166 valence electrons. The normalized spacial score (nSPS) is 18.7. The van der Waals surface area contributed by atoms with Gasteiger partial charge < -0.3 is 15.5 Å². The molecular formula is C24H38N4O2. The molecule has 1 aliphatic heterocycles. The third kappa shape index (κ3) is 7.01. The molecule has 0 radical (unpaired) electrons. The predicted octanol–water partition coefficient (Wildman–Crippen LogP) is 3.52. The van der Waals surface area contributed by atoms with E-state index < -0.39 is 0 Å². The summed E-state index contributed by atoms with van der Waals surface area (Å²) in [5.41, 5.74) is 1.34. The maximum absolute atomic E-state index is 12.6. The second kappa shape index (κ2) is 11.9. The Bertz CT molecular complexity index is 652. The Morgan fingerprint density at radius 1 is 1.03 bits per heavy atom. The van der Waals surface area contributed by atoms with Crippen LogP contribution in [0.5, 0.6) is 0 Å². The molecule has 1 saturated carbocycles. The van der Waals surface area contributed by atoms with Crippen LogP contribution in [0.3, 0.4) is 0 Å². The van der Waals surface area contributed by atoms with Crippen molar-refractivity contribution in [2.24, 2.45) is 0 Å². The first-order chi connectivity index (χ1) is 14.7. The summed E-state index contributed by atoms with van der Waals surface area (Å²) in [5.74, 6) is 0.0709. The van der Waals surface area contributed by atoms with Gasteiger partial charge in [0.15, 0.2) is 0 Å². The Hall–Kier alpha value is -2.08. The van der Waals surface area contributed by atoms with Crippen LogP contribution in [0.1, 0.15) is 63.9 Å². The van der Waals surface area contributed by atoms with E-state index in [4.69, 9.17) is 0 Å². The molecule has 1 saturated heterocycles. The average Bonchev–Trinajstić information content (AvgIpc) is 2.77. The van der Waals surface area contributed by atoms with Crippen LogP contribution in [0.15, 0.2) is 30.3 Å². The summed E-state index contributed by atoms with van der Waals surface area (Å²) in [5, 5.41) is 6.13. The van der Waals surface area contributed by atoms with Gasteiger partial charge in [0.2, 0.25) is 5.91 Å². The van der Waals surface area contributed by atoms with Gasteiger partial charge >= 0.3 is 6.03 Å². The zero-order chi connectivity index (χ0) is 21.2. The van der Waals surface area contributed by atoms with Gasteiger partial charge in [0, 0.05) is 51.2 Å². The molecular weight excluding hydrogens is 376 g/mol. The van der Waals surface area contributed by atoms with E-state index in [2.05, 4.69) is 39.8 Å². The zero-order valence-electron chi connectivity index (χ0n) is 18.4. The summed E-state index contributed by atoms with van der Waals surface area (Å²) in [6.45, 7) is 6.06. The zero-order valence-corrected chi connectivity index (χ0v) is 18.4. The average molecular weight is 415 g/mol. The topological polar surface area (TPSA) is 64.7 Å². The summed E-state index contributed by atoms with van der Waals surface area (Å²) in [6.07, 6.45) is 8.07. The van der Waals surface area contributed by atoms with Crippen molar-refractivity contribution in [2.45, 2.75) is 76.9 Å². The van der Waals surface area contributed by atoms with E-state index in [1.165, 1.54) is 24.8 Å². The van der Waals surface area contributed by atoms with E-state index in [9.17, 15) is 9.59 Å². The highest BCUT2D eigenvalue weighted by Crippen LogP contribution is 2.23. The highest BCUT2D eigenvalue weighted by atomic mass is 16.2. The fraction of sp³-hybridized carbons (Fsp3) is 0.667. The third-order valence-electron chi connectivity index (χ3n) is 6.39. The fourth-order valence-corrected chi connectivity index (χ4v) is 4.69. The van der Waals surface area contributed by atoms with Crippen LogP contribution in [0.25, 0.3) is 0 Å². The van der Waals surface area contributed by atoms with Crippen LogP contribution in [0, 0.1) is 0 Å². The Morgan fingerprint density at radius 2 is 1.73 bits per heavy atom. The molecule has 0 atom stereocenters. The van der Waals surface area contributed by atoms with Crippen molar-refractivity contribution < 1.29 is 9.59 Å². The van der Waals surface area contributed by atoms with Gasteiger partial charge in [0.25, 0.3) is 0 Å². The molecule has 1 heterocycles. The number of hydrogen-bond acceptors (Lipinski definition) is 3. The largest absolute Gasteiger partial charge is 0.353 e. The maximum Gasteiger partial charge on any atom is 0.317 e. The number of benzene rings is 1. The van der Waals surface area contributed by atoms with Crippen molar-refractivity contribution in [3.63, 3.8) is 0 Å². The second-order valence-corrected chi connectivity index (χ2v) is 8.67. The molecule has 0 unspecified atom stereocenters. The van der Waals surface area contributed by atoms with Gasteiger partial charge in [-0.15, -0.1) is 0 Å². The van der Waals surface area contributed by atoms with E-state index in [1.807, 2.05) is 17.9 Å². The Morgan fingerprint density at radius 3 is 2.40 bits per heavy atom. The molecule has 3 rings (SSSR count). The van der Waals surface area contributed by atoms with E-state index in [0.29, 0.717) is 19.5 Å². The molecule has 1 aromatic carbocycles. The molecule has 0 bridgehead atoms. The van der Waals surface area contributed by atoms with Crippen molar-refractivity contribution in [1.82, 2.24) is 20.4 Å².